The van der Waals surface area contributed by atoms with Crippen molar-refractivity contribution < 1.29 is 19.4 Å². The summed E-state index contributed by atoms with van der Waals surface area (Å²) in [5.74, 6) is -0.549. The largest absolute Gasteiger partial charge is 0.478 e. The molecule has 0 saturated heterocycles. The molecule has 1 aromatic carbocycles. The van der Waals surface area contributed by atoms with E-state index in [1.165, 1.54) is 82.1 Å². The molecule has 0 aromatic heterocycles. The molecule has 4 nitrogen and oxygen atoms in total. The molecule has 0 bridgehead atoms. The zero-order chi connectivity index (χ0) is 19.9. The van der Waals surface area contributed by atoms with Crippen LogP contribution in [0, 0.1) is 5.92 Å². The number of carboxylic acids is 1. The molecule has 0 amide bonds. The van der Waals surface area contributed by atoms with Crippen molar-refractivity contribution in [3.05, 3.63) is 35.4 Å². The summed E-state index contributed by atoms with van der Waals surface area (Å²) in [7, 11) is 0. The van der Waals surface area contributed by atoms with E-state index < -0.39 is 5.97 Å². The Labute approximate surface area is 164 Å². The third-order valence-corrected chi connectivity index (χ3v) is 4.78. The van der Waals surface area contributed by atoms with Gasteiger partial charge in [-0.2, -0.15) is 0 Å². The molecule has 1 rings (SSSR count). The van der Waals surface area contributed by atoms with Gasteiger partial charge in [-0.05, 0) is 36.6 Å². The van der Waals surface area contributed by atoms with Gasteiger partial charge in [0, 0.05) is 0 Å². The van der Waals surface area contributed by atoms with Crippen LogP contribution in [0.2, 0.25) is 0 Å². The standard InChI is InChI=1S/C23H36O4/c1-19(2)13-11-9-7-5-3-4-6-8-10-12-18-27-23(26)21-16-14-20(15-17-21)22(24)25/h14-17,19H,3-13,18H2,1-2H3,(H,24,25). The van der Waals surface area contributed by atoms with E-state index >= 15 is 0 Å². The van der Waals surface area contributed by atoms with Gasteiger partial charge in [-0.3, -0.25) is 0 Å². The monoisotopic (exact) mass is 376 g/mol. The number of aromatic carboxylic acids is 1. The topological polar surface area (TPSA) is 63.6 Å². The number of carbonyl (C=O) groups is 2. The van der Waals surface area contributed by atoms with Crippen molar-refractivity contribution in [2.24, 2.45) is 5.92 Å². The van der Waals surface area contributed by atoms with Crippen LogP contribution in [0.3, 0.4) is 0 Å². The van der Waals surface area contributed by atoms with Gasteiger partial charge < -0.3 is 9.84 Å². The molecule has 152 valence electrons. The van der Waals surface area contributed by atoms with E-state index in [1.54, 1.807) is 0 Å². The van der Waals surface area contributed by atoms with Crippen LogP contribution in [0.1, 0.15) is 105 Å². The van der Waals surface area contributed by atoms with Crippen LogP contribution >= 0.6 is 0 Å². The predicted octanol–water partition coefficient (Wildman–Crippen LogP) is 6.49. The number of ether oxygens (including phenoxy) is 1. The highest BCUT2D eigenvalue weighted by Gasteiger charge is 2.08. The highest BCUT2D eigenvalue weighted by molar-refractivity contribution is 5.92. The first-order valence-electron chi connectivity index (χ1n) is 10.5. The third kappa shape index (κ3) is 11.5. The molecular formula is C23H36O4. The zero-order valence-corrected chi connectivity index (χ0v) is 17.0. The Bertz CT molecular complexity index is 534. The smallest absolute Gasteiger partial charge is 0.338 e. The number of benzene rings is 1. The molecule has 0 heterocycles. The van der Waals surface area contributed by atoms with Crippen molar-refractivity contribution in [1.29, 1.82) is 0 Å². The van der Waals surface area contributed by atoms with Crippen LogP contribution in [0.15, 0.2) is 24.3 Å². The lowest BCUT2D eigenvalue weighted by atomic mass is 10.0. The zero-order valence-electron chi connectivity index (χ0n) is 17.0. The Hall–Kier alpha value is -1.84. The molecule has 0 saturated carbocycles. The minimum atomic E-state index is -0.999. The van der Waals surface area contributed by atoms with E-state index in [1.807, 2.05) is 0 Å². The Morgan fingerprint density at radius 2 is 1.22 bits per heavy atom. The molecule has 0 aliphatic carbocycles. The van der Waals surface area contributed by atoms with Crippen molar-refractivity contribution in [3.8, 4) is 0 Å². The second-order valence-corrected chi connectivity index (χ2v) is 7.74. The normalized spacial score (nSPS) is 10.9. The average molecular weight is 377 g/mol. The summed E-state index contributed by atoms with van der Waals surface area (Å²) in [6.45, 7) is 5.01. The van der Waals surface area contributed by atoms with Crippen LogP contribution in [0.25, 0.3) is 0 Å². The van der Waals surface area contributed by atoms with Crippen LogP contribution in [-0.2, 0) is 4.74 Å². The van der Waals surface area contributed by atoms with Gasteiger partial charge in [0.15, 0.2) is 0 Å². The number of unbranched alkanes of at least 4 members (excludes halogenated alkanes) is 9. The second-order valence-electron chi connectivity index (χ2n) is 7.74. The molecule has 0 aliphatic heterocycles. The molecule has 0 atom stereocenters. The summed E-state index contributed by atoms with van der Waals surface area (Å²) in [5.41, 5.74) is 0.565. The predicted molar refractivity (Wildman–Crippen MR) is 109 cm³/mol. The van der Waals surface area contributed by atoms with Crippen molar-refractivity contribution in [2.45, 2.75) is 84.5 Å². The third-order valence-electron chi connectivity index (χ3n) is 4.78. The lowest BCUT2D eigenvalue weighted by molar-refractivity contribution is 0.0496. The van der Waals surface area contributed by atoms with Crippen molar-refractivity contribution >= 4 is 11.9 Å². The van der Waals surface area contributed by atoms with Gasteiger partial charge in [0.1, 0.15) is 0 Å². The highest BCUT2D eigenvalue weighted by Crippen LogP contribution is 2.13. The lowest BCUT2D eigenvalue weighted by Gasteiger charge is -2.06. The Morgan fingerprint density at radius 1 is 0.778 bits per heavy atom. The van der Waals surface area contributed by atoms with E-state index in [2.05, 4.69) is 13.8 Å². The van der Waals surface area contributed by atoms with E-state index in [0.29, 0.717) is 12.2 Å². The fourth-order valence-corrected chi connectivity index (χ4v) is 3.07. The van der Waals surface area contributed by atoms with Crippen LogP contribution in [0.5, 0.6) is 0 Å². The molecule has 1 aromatic rings. The molecule has 0 spiro atoms. The van der Waals surface area contributed by atoms with Gasteiger partial charge in [-0.25, -0.2) is 9.59 Å². The van der Waals surface area contributed by atoms with Gasteiger partial charge in [0.25, 0.3) is 0 Å². The maximum Gasteiger partial charge on any atom is 0.338 e. The number of esters is 1. The average Bonchev–Trinajstić information content (AvgIpc) is 2.65. The molecule has 0 aliphatic rings. The summed E-state index contributed by atoms with van der Waals surface area (Å²) in [5, 5.41) is 8.84. The number of carbonyl (C=O) groups excluding carboxylic acids is 1. The van der Waals surface area contributed by atoms with Crippen molar-refractivity contribution in [1.82, 2.24) is 0 Å². The SMILES string of the molecule is CC(C)CCCCCCCCCCCCOC(=O)c1ccc(C(=O)O)cc1. The molecular weight excluding hydrogens is 340 g/mol. The quantitative estimate of drug-likeness (QED) is 0.281. The van der Waals surface area contributed by atoms with E-state index in [9.17, 15) is 9.59 Å². The fourth-order valence-electron chi connectivity index (χ4n) is 3.07. The minimum Gasteiger partial charge on any atom is -0.478 e. The van der Waals surface area contributed by atoms with Crippen LogP contribution in [-0.4, -0.2) is 23.7 Å². The van der Waals surface area contributed by atoms with E-state index in [-0.39, 0.29) is 11.5 Å². The molecule has 1 N–H and O–H groups in total. The first-order chi connectivity index (χ1) is 13.0. The fraction of sp³-hybridized carbons (Fsp3) is 0.652. The van der Waals surface area contributed by atoms with Crippen LogP contribution in [0.4, 0.5) is 0 Å². The number of carboxylic acid groups (broad SMARTS) is 1. The maximum absolute atomic E-state index is 11.9. The van der Waals surface area contributed by atoms with Crippen LogP contribution < -0.4 is 0 Å². The first kappa shape index (κ1) is 23.2. The van der Waals surface area contributed by atoms with Gasteiger partial charge in [-0.1, -0.05) is 78.1 Å². The van der Waals surface area contributed by atoms with Crippen molar-refractivity contribution in [3.63, 3.8) is 0 Å². The molecule has 27 heavy (non-hydrogen) atoms. The molecule has 0 radical (unpaired) electrons. The Morgan fingerprint density at radius 3 is 1.70 bits per heavy atom. The lowest BCUT2D eigenvalue weighted by Crippen LogP contribution is -2.07. The van der Waals surface area contributed by atoms with Gasteiger partial charge in [0.05, 0.1) is 17.7 Å². The van der Waals surface area contributed by atoms with E-state index in [0.717, 1.165) is 18.8 Å². The Balaban J connectivity index is 1.94. The summed E-state index contributed by atoms with van der Waals surface area (Å²) >= 11 is 0. The first-order valence-corrected chi connectivity index (χ1v) is 10.5. The van der Waals surface area contributed by atoms with E-state index in [4.69, 9.17) is 9.84 Å². The van der Waals surface area contributed by atoms with Gasteiger partial charge in [-0.15, -0.1) is 0 Å². The summed E-state index contributed by atoms with van der Waals surface area (Å²) in [6.07, 6.45) is 13.9. The number of hydrogen-bond donors (Lipinski definition) is 1. The number of rotatable bonds is 15. The van der Waals surface area contributed by atoms with Gasteiger partial charge in [0.2, 0.25) is 0 Å². The molecule has 0 fully saturated rings. The van der Waals surface area contributed by atoms with Crippen molar-refractivity contribution in [2.75, 3.05) is 6.61 Å². The maximum atomic E-state index is 11.9. The minimum absolute atomic E-state index is 0.169. The summed E-state index contributed by atoms with van der Waals surface area (Å²) in [6, 6.07) is 5.83. The molecule has 4 heteroatoms. The highest BCUT2D eigenvalue weighted by atomic mass is 16.5. The summed E-state index contributed by atoms with van der Waals surface area (Å²) in [4.78, 5) is 22.7. The molecule has 0 unspecified atom stereocenters. The van der Waals surface area contributed by atoms with Gasteiger partial charge >= 0.3 is 11.9 Å². The summed E-state index contributed by atoms with van der Waals surface area (Å²) < 4.78 is 5.24. The number of hydrogen-bond acceptors (Lipinski definition) is 3. The second kappa shape index (κ2) is 14.2. The Kier molecular flexibility index (Phi) is 12.2.